The molecule has 2 aromatic rings. The average molecular weight is 372 g/mol. The molecule has 1 N–H and O–H groups in total. The zero-order chi connectivity index (χ0) is 18.9. The van der Waals surface area contributed by atoms with E-state index in [9.17, 15) is 13.2 Å². The Balaban J connectivity index is 1.83. The number of hydrogen-bond acceptors (Lipinski definition) is 3. The molecule has 1 saturated carbocycles. The van der Waals surface area contributed by atoms with Crippen LogP contribution in [-0.4, -0.2) is 27.4 Å². The monoisotopic (exact) mass is 372 g/mol. The van der Waals surface area contributed by atoms with Gasteiger partial charge in [-0.15, -0.1) is 0 Å². The number of carbonyl (C=O) groups is 1. The van der Waals surface area contributed by atoms with Crippen LogP contribution in [0.25, 0.3) is 0 Å². The number of nitrogens with zero attached hydrogens (tertiary/aromatic N) is 1. The van der Waals surface area contributed by atoms with Crippen molar-refractivity contribution in [1.82, 2.24) is 5.32 Å². The SMILES string of the molecule is Cc1ccc(N(C)S(=O)(=O)c2cccc(C(=O)N[C@H](C)C3CC3)c2)cc1. The second kappa shape index (κ2) is 7.11. The largest absolute Gasteiger partial charge is 0.349 e. The Bertz CT molecular complexity index is 903. The summed E-state index contributed by atoms with van der Waals surface area (Å²) in [5.74, 6) is 0.304. The smallest absolute Gasteiger partial charge is 0.264 e. The summed E-state index contributed by atoms with van der Waals surface area (Å²) in [6.07, 6.45) is 2.27. The van der Waals surface area contributed by atoms with Crippen molar-refractivity contribution in [3.63, 3.8) is 0 Å². The van der Waals surface area contributed by atoms with E-state index in [1.807, 2.05) is 26.0 Å². The predicted octanol–water partition coefficient (Wildman–Crippen LogP) is 3.35. The Kier molecular flexibility index (Phi) is 5.05. The van der Waals surface area contributed by atoms with Crippen molar-refractivity contribution in [1.29, 1.82) is 0 Å². The quantitative estimate of drug-likeness (QED) is 0.846. The minimum Gasteiger partial charge on any atom is -0.349 e. The second-order valence-corrected chi connectivity index (χ2v) is 8.90. The van der Waals surface area contributed by atoms with Crippen molar-refractivity contribution in [2.75, 3.05) is 11.4 Å². The zero-order valence-electron chi connectivity index (χ0n) is 15.3. The van der Waals surface area contributed by atoms with Gasteiger partial charge in [-0.1, -0.05) is 23.8 Å². The van der Waals surface area contributed by atoms with Crippen LogP contribution in [0.3, 0.4) is 0 Å². The molecule has 0 radical (unpaired) electrons. The van der Waals surface area contributed by atoms with Crippen LogP contribution in [0.4, 0.5) is 5.69 Å². The van der Waals surface area contributed by atoms with Gasteiger partial charge in [0.15, 0.2) is 0 Å². The molecule has 26 heavy (non-hydrogen) atoms. The predicted molar refractivity (Wildman–Crippen MR) is 103 cm³/mol. The molecule has 1 aliphatic rings. The van der Waals surface area contributed by atoms with Crippen molar-refractivity contribution in [3.8, 4) is 0 Å². The van der Waals surface area contributed by atoms with Gasteiger partial charge in [0.25, 0.3) is 15.9 Å². The summed E-state index contributed by atoms with van der Waals surface area (Å²) in [5, 5.41) is 2.96. The first-order chi connectivity index (χ1) is 12.3. The maximum Gasteiger partial charge on any atom is 0.264 e. The van der Waals surface area contributed by atoms with Crippen molar-refractivity contribution in [2.24, 2.45) is 5.92 Å². The average Bonchev–Trinajstić information content (AvgIpc) is 3.47. The molecule has 0 unspecified atom stereocenters. The summed E-state index contributed by atoms with van der Waals surface area (Å²) in [7, 11) is -2.22. The highest BCUT2D eigenvalue weighted by Crippen LogP contribution is 2.32. The molecule has 138 valence electrons. The van der Waals surface area contributed by atoms with Crippen LogP contribution in [0.5, 0.6) is 0 Å². The second-order valence-electron chi connectivity index (χ2n) is 6.94. The molecule has 0 aliphatic heterocycles. The topological polar surface area (TPSA) is 66.5 Å². The highest BCUT2D eigenvalue weighted by molar-refractivity contribution is 7.92. The van der Waals surface area contributed by atoms with E-state index in [0.29, 0.717) is 17.2 Å². The zero-order valence-corrected chi connectivity index (χ0v) is 16.1. The van der Waals surface area contributed by atoms with Gasteiger partial charge in [0.1, 0.15) is 0 Å². The molecule has 0 heterocycles. The van der Waals surface area contributed by atoms with Crippen LogP contribution in [0.15, 0.2) is 53.4 Å². The van der Waals surface area contributed by atoms with Crippen LogP contribution in [0.2, 0.25) is 0 Å². The first kappa shape index (κ1) is 18.5. The van der Waals surface area contributed by atoms with Crippen LogP contribution < -0.4 is 9.62 Å². The van der Waals surface area contributed by atoms with E-state index in [1.54, 1.807) is 24.3 Å². The summed E-state index contributed by atoms with van der Waals surface area (Å²) >= 11 is 0. The van der Waals surface area contributed by atoms with Gasteiger partial charge in [-0.05, 0) is 62.9 Å². The fourth-order valence-corrected chi connectivity index (χ4v) is 4.10. The highest BCUT2D eigenvalue weighted by Gasteiger charge is 2.29. The van der Waals surface area contributed by atoms with Crippen molar-refractivity contribution in [2.45, 2.75) is 37.6 Å². The van der Waals surface area contributed by atoms with Gasteiger partial charge in [0.05, 0.1) is 10.6 Å². The van der Waals surface area contributed by atoms with Gasteiger partial charge in [-0.2, -0.15) is 0 Å². The molecule has 2 aromatic carbocycles. The summed E-state index contributed by atoms with van der Waals surface area (Å²) < 4.78 is 27.1. The number of rotatable bonds is 6. The van der Waals surface area contributed by atoms with Crippen LogP contribution >= 0.6 is 0 Å². The van der Waals surface area contributed by atoms with E-state index in [1.165, 1.54) is 23.5 Å². The molecule has 1 aliphatic carbocycles. The lowest BCUT2D eigenvalue weighted by atomic mass is 10.1. The maximum absolute atomic E-state index is 12.9. The molecular formula is C20H24N2O3S. The van der Waals surface area contributed by atoms with Gasteiger partial charge in [0, 0.05) is 18.7 Å². The van der Waals surface area contributed by atoms with Gasteiger partial charge < -0.3 is 5.32 Å². The Morgan fingerprint density at radius 2 is 1.81 bits per heavy atom. The molecule has 6 heteroatoms. The van der Waals surface area contributed by atoms with E-state index in [0.717, 1.165) is 18.4 Å². The van der Waals surface area contributed by atoms with Crippen LogP contribution in [-0.2, 0) is 10.0 Å². The van der Waals surface area contributed by atoms with Crippen LogP contribution in [0, 0.1) is 12.8 Å². The lowest BCUT2D eigenvalue weighted by molar-refractivity contribution is 0.0935. The molecule has 0 spiro atoms. The van der Waals surface area contributed by atoms with Gasteiger partial charge in [0.2, 0.25) is 0 Å². The van der Waals surface area contributed by atoms with Crippen molar-refractivity contribution < 1.29 is 13.2 Å². The maximum atomic E-state index is 12.9. The lowest BCUT2D eigenvalue weighted by Gasteiger charge is -2.20. The molecule has 0 aromatic heterocycles. The Hall–Kier alpha value is -2.34. The van der Waals surface area contributed by atoms with E-state index in [4.69, 9.17) is 0 Å². The molecule has 1 atom stereocenters. The third kappa shape index (κ3) is 3.90. The molecule has 3 rings (SSSR count). The Morgan fingerprint density at radius 1 is 1.15 bits per heavy atom. The summed E-state index contributed by atoms with van der Waals surface area (Å²) in [6.45, 7) is 3.93. The number of amides is 1. The standard InChI is InChI=1S/C20H24N2O3S/c1-14-7-11-18(12-8-14)22(3)26(24,25)19-6-4-5-17(13-19)20(23)21-15(2)16-9-10-16/h4-8,11-13,15-16H,9-10H2,1-3H3,(H,21,23)/t15-/m1/s1. The highest BCUT2D eigenvalue weighted by atomic mass is 32.2. The fraction of sp³-hybridized carbons (Fsp3) is 0.350. The summed E-state index contributed by atoms with van der Waals surface area (Å²) in [4.78, 5) is 12.5. The first-order valence-corrected chi connectivity index (χ1v) is 10.2. The minimum atomic E-state index is -3.74. The molecule has 1 fully saturated rings. The van der Waals surface area contributed by atoms with E-state index >= 15 is 0 Å². The number of anilines is 1. The van der Waals surface area contributed by atoms with Gasteiger partial charge >= 0.3 is 0 Å². The number of carbonyl (C=O) groups excluding carboxylic acids is 1. The van der Waals surface area contributed by atoms with Crippen molar-refractivity contribution in [3.05, 3.63) is 59.7 Å². The lowest BCUT2D eigenvalue weighted by Crippen LogP contribution is -2.34. The molecule has 0 saturated heterocycles. The molecule has 1 amide bonds. The van der Waals surface area contributed by atoms with Crippen molar-refractivity contribution >= 4 is 21.6 Å². The number of hydrogen-bond donors (Lipinski definition) is 1. The normalized spacial score (nSPS) is 15.3. The third-order valence-electron chi connectivity index (χ3n) is 4.84. The summed E-state index contributed by atoms with van der Waals surface area (Å²) in [6, 6.07) is 13.6. The number of aryl methyl sites for hydroxylation is 1. The Morgan fingerprint density at radius 3 is 2.42 bits per heavy atom. The molecule has 0 bridgehead atoms. The number of nitrogens with one attached hydrogen (secondary N) is 1. The van der Waals surface area contributed by atoms with E-state index in [-0.39, 0.29) is 16.8 Å². The minimum absolute atomic E-state index is 0.104. The number of sulfonamides is 1. The molecular weight excluding hydrogens is 348 g/mol. The summed E-state index contributed by atoms with van der Waals surface area (Å²) in [5.41, 5.74) is 1.99. The van der Waals surface area contributed by atoms with Gasteiger partial charge in [-0.3, -0.25) is 9.10 Å². The first-order valence-electron chi connectivity index (χ1n) is 8.75. The van der Waals surface area contributed by atoms with Crippen LogP contribution in [0.1, 0.15) is 35.7 Å². The van der Waals surface area contributed by atoms with Gasteiger partial charge in [-0.25, -0.2) is 8.42 Å². The fourth-order valence-electron chi connectivity index (χ4n) is 2.85. The number of benzene rings is 2. The third-order valence-corrected chi connectivity index (χ3v) is 6.62. The van der Waals surface area contributed by atoms with E-state index < -0.39 is 10.0 Å². The molecule has 5 nitrogen and oxygen atoms in total. The van der Waals surface area contributed by atoms with E-state index in [2.05, 4.69) is 5.32 Å². The Labute approximate surface area is 155 Å².